The van der Waals surface area contributed by atoms with E-state index in [2.05, 4.69) is 20.3 Å². The van der Waals surface area contributed by atoms with E-state index in [4.69, 9.17) is 0 Å². The van der Waals surface area contributed by atoms with Gasteiger partial charge in [-0.05, 0) is 42.9 Å². The maximum absolute atomic E-state index is 2.56. The third kappa shape index (κ3) is 0.720. The maximum atomic E-state index is 2.56. The first-order valence-electron chi connectivity index (χ1n) is 4.12. The third-order valence-corrected chi connectivity index (χ3v) is 3.34. The molecule has 0 aliphatic heterocycles. The molecule has 9 heavy (non-hydrogen) atoms. The van der Waals surface area contributed by atoms with Crippen LogP contribution in [0.4, 0.5) is 0 Å². The largest absolute Gasteiger partial charge is 0.0622 e. The quantitative estimate of drug-likeness (QED) is 0.464. The monoisotopic (exact) mass is 123 g/mol. The first kappa shape index (κ1) is 5.76. The molecule has 3 rings (SSSR count). The van der Waals surface area contributed by atoms with Gasteiger partial charge in [-0.3, -0.25) is 0 Å². The lowest BCUT2D eigenvalue weighted by Gasteiger charge is -2.48. The molecule has 51 valence electrons. The highest BCUT2D eigenvalue weighted by Crippen LogP contribution is 2.50. The maximum Gasteiger partial charge on any atom is -0.0321 e. The molecule has 0 aromatic heterocycles. The highest BCUT2D eigenvalue weighted by molar-refractivity contribution is 5.04. The van der Waals surface area contributed by atoms with Crippen LogP contribution in [0.3, 0.4) is 0 Å². The fraction of sp³-hybridized carbons (Fsp3) is 0.889. The van der Waals surface area contributed by atoms with Crippen LogP contribution in [-0.2, 0) is 0 Å². The highest BCUT2D eigenvalue weighted by atomic mass is 14.5. The summed E-state index contributed by atoms with van der Waals surface area (Å²) in [5.41, 5.74) is 0. The van der Waals surface area contributed by atoms with Gasteiger partial charge in [0, 0.05) is 0 Å². The number of hydrogen-bond donors (Lipinski definition) is 0. The fourth-order valence-electron chi connectivity index (χ4n) is 2.34. The van der Waals surface area contributed by atoms with Crippen molar-refractivity contribution in [3.8, 4) is 0 Å². The minimum absolute atomic E-state index is 0.981. The molecular weight excluding hydrogens is 108 g/mol. The molecule has 3 saturated carbocycles. The molecule has 0 N–H and O–H groups in total. The van der Waals surface area contributed by atoms with E-state index in [1.807, 2.05) is 0 Å². The van der Waals surface area contributed by atoms with Gasteiger partial charge in [-0.2, -0.15) is 0 Å². The predicted molar refractivity (Wildman–Crippen MR) is 38.8 cm³/mol. The lowest BCUT2D eigenvalue weighted by Crippen LogP contribution is -2.40. The van der Waals surface area contributed by atoms with E-state index in [1.165, 1.54) is 12.8 Å². The van der Waals surface area contributed by atoms with E-state index in [0.717, 1.165) is 23.7 Å². The summed E-state index contributed by atoms with van der Waals surface area (Å²) in [5, 5.41) is 0. The first-order chi connectivity index (χ1) is 4.27. The molecule has 3 aliphatic rings. The SMILES string of the molecule is C[C@H]1[C@@H]2[CH]C(C2)C[C@@H]1C. The van der Waals surface area contributed by atoms with Gasteiger partial charge in [-0.25, -0.2) is 0 Å². The van der Waals surface area contributed by atoms with E-state index in [-0.39, 0.29) is 0 Å². The fourth-order valence-corrected chi connectivity index (χ4v) is 2.34. The van der Waals surface area contributed by atoms with Crippen LogP contribution in [-0.4, -0.2) is 0 Å². The van der Waals surface area contributed by atoms with Gasteiger partial charge >= 0.3 is 0 Å². The van der Waals surface area contributed by atoms with Crippen LogP contribution in [0.5, 0.6) is 0 Å². The zero-order valence-corrected chi connectivity index (χ0v) is 6.30. The topological polar surface area (TPSA) is 0 Å². The second-order valence-corrected chi connectivity index (χ2v) is 3.92. The van der Waals surface area contributed by atoms with Crippen molar-refractivity contribution < 1.29 is 0 Å². The molecule has 0 saturated heterocycles. The Balaban J connectivity index is 2.04. The van der Waals surface area contributed by atoms with E-state index in [1.54, 1.807) is 0 Å². The van der Waals surface area contributed by atoms with Gasteiger partial charge in [0.25, 0.3) is 0 Å². The molecule has 0 nitrogen and oxygen atoms in total. The minimum atomic E-state index is 0.981. The van der Waals surface area contributed by atoms with Crippen LogP contribution in [0.15, 0.2) is 0 Å². The molecular formula is C9H15. The summed E-state index contributed by atoms with van der Waals surface area (Å²) in [5.74, 6) is 3.99. The summed E-state index contributed by atoms with van der Waals surface area (Å²) in [6.07, 6.45) is 5.54. The zero-order valence-electron chi connectivity index (χ0n) is 6.30. The normalized spacial score (nSPS) is 56.7. The van der Waals surface area contributed by atoms with Crippen LogP contribution >= 0.6 is 0 Å². The molecule has 4 atom stereocenters. The standard InChI is InChI=1S/C9H15/c1-6-3-8-4-9(5-8)7(6)2/h4,6-9H,3,5H2,1-2H3/t6-,7+,8?,9+/m0/s1. The van der Waals surface area contributed by atoms with Crippen LogP contribution < -0.4 is 0 Å². The first-order valence-corrected chi connectivity index (χ1v) is 4.12. The second-order valence-electron chi connectivity index (χ2n) is 3.92. The van der Waals surface area contributed by atoms with Gasteiger partial charge in [0.15, 0.2) is 0 Å². The molecule has 0 heteroatoms. The summed E-state index contributed by atoms with van der Waals surface area (Å²) in [4.78, 5) is 0. The lowest BCUT2D eigenvalue weighted by molar-refractivity contribution is 0.0816. The van der Waals surface area contributed by atoms with E-state index in [9.17, 15) is 0 Å². The Kier molecular flexibility index (Phi) is 1.12. The van der Waals surface area contributed by atoms with Crippen molar-refractivity contribution in [1.29, 1.82) is 0 Å². The van der Waals surface area contributed by atoms with Crippen molar-refractivity contribution in [3.05, 3.63) is 6.42 Å². The van der Waals surface area contributed by atoms with E-state index >= 15 is 0 Å². The predicted octanol–water partition coefficient (Wildman–Crippen LogP) is 2.50. The Morgan fingerprint density at radius 3 is 2.22 bits per heavy atom. The minimum Gasteiger partial charge on any atom is -0.0622 e. The van der Waals surface area contributed by atoms with Crippen LogP contribution in [0, 0.1) is 30.1 Å². The third-order valence-electron chi connectivity index (χ3n) is 3.34. The summed E-state index contributed by atoms with van der Waals surface area (Å²) >= 11 is 0. The number of fused-ring (bicyclic) bond motifs is 2. The van der Waals surface area contributed by atoms with Crippen molar-refractivity contribution in [1.82, 2.24) is 0 Å². The Labute approximate surface area is 57.6 Å². The molecule has 0 aromatic carbocycles. The highest BCUT2D eigenvalue weighted by Gasteiger charge is 2.41. The average molecular weight is 123 g/mol. The molecule has 1 radical (unpaired) electrons. The number of hydrogen-bond acceptors (Lipinski definition) is 0. The molecule has 3 fully saturated rings. The van der Waals surface area contributed by atoms with Gasteiger partial charge in [0.1, 0.15) is 0 Å². The smallest absolute Gasteiger partial charge is 0.0321 e. The Bertz CT molecular complexity index is 109. The molecule has 0 spiro atoms. The van der Waals surface area contributed by atoms with Crippen LogP contribution in [0.25, 0.3) is 0 Å². The van der Waals surface area contributed by atoms with Crippen molar-refractivity contribution in [3.63, 3.8) is 0 Å². The van der Waals surface area contributed by atoms with Crippen LogP contribution in [0.2, 0.25) is 0 Å². The molecule has 0 amide bonds. The molecule has 1 unspecified atom stereocenters. The van der Waals surface area contributed by atoms with Gasteiger partial charge in [-0.15, -0.1) is 0 Å². The Morgan fingerprint density at radius 1 is 1.22 bits per heavy atom. The number of rotatable bonds is 0. The summed E-state index contributed by atoms with van der Waals surface area (Å²) in [7, 11) is 0. The summed E-state index contributed by atoms with van der Waals surface area (Å²) in [6.45, 7) is 4.80. The van der Waals surface area contributed by atoms with Crippen molar-refractivity contribution >= 4 is 0 Å². The van der Waals surface area contributed by atoms with E-state index in [0.29, 0.717) is 0 Å². The van der Waals surface area contributed by atoms with E-state index < -0.39 is 0 Å². The molecule has 3 aliphatic carbocycles. The lowest BCUT2D eigenvalue weighted by atomic mass is 9.57. The van der Waals surface area contributed by atoms with Crippen LogP contribution in [0.1, 0.15) is 26.7 Å². The molecule has 0 heterocycles. The summed E-state index contributed by atoms with van der Waals surface area (Å²) in [6, 6.07) is 0. The van der Waals surface area contributed by atoms with Crippen molar-refractivity contribution in [2.45, 2.75) is 26.7 Å². The average Bonchev–Trinajstić information content (AvgIpc) is 1.72. The Hall–Kier alpha value is 0. The van der Waals surface area contributed by atoms with Crippen molar-refractivity contribution in [2.75, 3.05) is 0 Å². The Morgan fingerprint density at radius 2 is 1.89 bits per heavy atom. The van der Waals surface area contributed by atoms with Gasteiger partial charge in [0.05, 0.1) is 0 Å². The molecule has 0 aromatic rings. The van der Waals surface area contributed by atoms with Gasteiger partial charge in [0.2, 0.25) is 0 Å². The van der Waals surface area contributed by atoms with Crippen molar-refractivity contribution in [2.24, 2.45) is 23.7 Å². The van der Waals surface area contributed by atoms with Gasteiger partial charge in [-0.1, -0.05) is 13.8 Å². The summed E-state index contributed by atoms with van der Waals surface area (Å²) < 4.78 is 0. The zero-order chi connectivity index (χ0) is 6.43. The van der Waals surface area contributed by atoms with Gasteiger partial charge < -0.3 is 0 Å². The molecule has 2 bridgehead atoms. The second kappa shape index (κ2) is 1.74.